The molecule has 0 spiro atoms. The molecule has 2 aromatic carbocycles. The summed E-state index contributed by atoms with van der Waals surface area (Å²) in [6.07, 6.45) is 48.9. The van der Waals surface area contributed by atoms with Crippen LogP contribution in [0.3, 0.4) is 0 Å². The van der Waals surface area contributed by atoms with Gasteiger partial charge in [-0.15, -0.1) is 0 Å². The minimum Gasteiger partial charge on any atom is -0.462 e. The van der Waals surface area contributed by atoms with E-state index in [2.05, 4.69) is 27.7 Å². The van der Waals surface area contributed by atoms with Crippen molar-refractivity contribution in [3.05, 3.63) is 71.8 Å². The Kier molecular flexibility index (Phi) is 58.9. The molecule has 0 aromatic heterocycles. The van der Waals surface area contributed by atoms with Crippen LogP contribution < -0.4 is 0 Å². The minimum atomic E-state index is -4.32. The van der Waals surface area contributed by atoms with Gasteiger partial charge in [0, 0.05) is 25.7 Å². The quantitative estimate of drug-likeness (QED) is 0.0265. The van der Waals surface area contributed by atoms with E-state index in [1.165, 1.54) is 180 Å². The van der Waals surface area contributed by atoms with E-state index in [0.29, 0.717) is 19.3 Å². The zero-order valence-electron chi connectivity index (χ0n) is 60.3. The van der Waals surface area contributed by atoms with Crippen LogP contribution in [0.1, 0.15) is 347 Å². The van der Waals surface area contributed by atoms with Gasteiger partial charge in [0.15, 0.2) is 12.2 Å². The summed E-state index contributed by atoms with van der Waals surface area (Å²) >= 11 is 0. The second kappa shape index (κ2) is 64.1. The summed E-state index contributed by atoms with van der Waals surface area (Å²) < 4.78 is 69.1. The molecule has 0 aliphatic rings. The van der Waals surface area contributed by atoms with E-state index >= 15 is 0 Å². The molecule has 0 N–H and O–H groups in total. The molecule has 0 fully saturated rings. The molecule has 0 aliphatic heterocycles. The van der Waals surface area contributed by atoms with Crippen LogP contribution in [0.5, 0.6) is 0 Å². The van der Waals surface area contributed by atoms with E-state index in [0.717, 1.165) is 94.6 Å². The Labute approximate surface area is 573 Å². The van der Waals surface area contributed by atoms with Gasteiger partial charge in [0.05, 0.1) is 39.6 Å². The van der Waals surface area contributed by atoms with Crippen LogP contribution >= 0.6 is 7.82 Å². The molecule has 542 valence electrons. The number of unbranched alkanes of at least 4 members (excludes halogenated alkanes) is 40. The molecule has 14 nitrogen and oxygen atoms in total. The molecule has 0 amide bonds. The number of phosphoric ester groups is 1. The Morgan fingerprint density at radius 1 is 0.298 bits per heavy atom. The second-order valence-electron chi connectivity index (χ2n) is 26.5. The number of phosphoric acid groups is 1. The predicted molar refractivity (Wildman–Crippen MR) is 383 cm³/mol. The number of carbonyl (C=O) groups is 4. The van der Waals surface area contributed by atoms with Crippen LogP contribution in [0.4, 0.5) is 0 Å². The van der Waals surface area contributed by atoms with Gasteiger partial charge in [-0.1, -0.05) is 345 Å². The average Bonchev–Trinajstić information content (AvgIpc) is 1.03. The molecule has 0 aliphatic carbocycles. The molecule has 0 bridgehead atoms. The van der Waals surface area contributed by atoms with Crippen molar-refractivity contribution in [1.82, 2.24) is 0 Å². The van der Waals surface area contributed by atoms with Crippen LogP contribution in [0.15, 0.2) is 60.7 Å². The molecule has 1 unspecified atom stereocenters. The molecule has 0 saturated carbocycles. The molecule has 2 aromatic rings. The maximum absolute atomic E-state index is 14.7. The first-order valence-corrected chi connectivity index (χ1v) is 40.1. The lowest BCUT2D eigenvalue weighted by molar-refractivity contribution is -0.168. The number of carbonyl (C=O) groups excluding carboxylic acids is 4. The zero-order valence-corrected chi connectivity index (χ0v) is 61.2. The fraction of sp³-hybridized carbons (Fsp3) is 0.797. The minimum absolute atomic E-state index is 0.0686. The highest BCUT2D eigenvalue weighted by Crippen LogP contribution is 2.51. The van der Waals surface area contributed by atoms with Crippen LogP contribution in [0.25, 0.3) is 0 Å². The fourth-order valence-corrected chi connectivity index (χ4v) is 12.6. The summed E-state index contributed by atoms with van der Waals surface area (Å²) in [5, 5.41) is 0. The first kappa shape index (κ1) is 86.4. The summed E-state index contributed by atoms with van der Waals surface area (Å²) in [6.45, 7) is 7.47. The van der Waals surface area contributed by atoms with Crippen molar-refractivity contribution in [1.29, 1.82) is 0 Å². The molecule has 0 radical (unpaired) electrons. The predicted octanol–water partition coefficient (Wildman–Crippen LogP) is 22.7. The van der Waals surface area contributed by atoms with Crippen molar-refractivity contribution < 1.29 is 65.7 Å². The average molecular weight is 1340 g/mol. The Morgan fingerprint density at radius 3 is 0.872 bits per heavy atom. The van der Waals surface area contributed by atoms with Crippen LogP contribution in [-0.4, -0.2) is 81.8 Å². The van der Waals surface area contributed by atoms with Gasteiger partial charge >= 0.3 is 31.7 Å². The molecule has 0 heterocycles. The van der Waals surface area contributed by atoms with Crippen molar-refractivity contribution in [2.24, 2.45) is 0 Å². The highest BCUT2D eigenvalue weighted by Gasteiger charge is 2.31. The number of ether oxygens (including phenoxy) is 6. The number of hydrogen-bond donors (Lipinski definition) is 0. The number of benzene rings is 2. The van der Waals surface area contributed by atoms with E-state index in [-0.39, 0.29) is 90.5 Å². The number of hydrogen-bond acceptors (Lipinski definition) is 14. The van der Waals surface area contributed by atoms with Gasteiger partial charge < -0.3 is 28.4 Å². The Balaban J connectivity index is 2.28. The van der Waals surface area contributed by atoms with Crippen LogP contribution in [0.2, 0.25) is 0 Å². The van der Waals surface area contributed by atoms with Gasteiger partial charge in [0.1, 0.15) is 19.3 Å². The smallest absolute Gasteiger partial charge is 0.462 e. The van der Waals surface area contributed by atoms with Crippen LogP contribution in [0, 0.1) is 0 Å². The summed E-state index contributed by atoms with van der Waals surface area (Å²) in [6, 6.07) is 18.6. The van der Waals surface area contributed by atoms with Gasteiger partial charge in [-0.05, 0) is 36.8 Å². The molecule has 15 heteroatoms. The van der Waals surface area contributed by atoms with E-state index in [1.54, 1.807) is 0 Å². The van der Waals surface area contributed by atoms with Crippen molar-refractivity contribution in [2.45, 2.75) is 367 Å². The second-order valence-corrected chi connectivity index (χ2v) is 28.2. The van der Waals surface area contributed by atoms with Crippen molar-refractivity contribution in [3.63, 3.8) is 0 Å². The van der Waals surface area contributed by atoms with Crippen molar-refractivity contribution >= 4 is 31.7 Å². The highest BCUT2D eigenvalue weighted by molar-refractivity contribution is 7.48. The molecular formula is C79H137O14P. The third-order valence-corrected chi connectivity index (χ3v) is 18.8. The Bertz CT molecular complexity index is 2030. The molecule has 94 heavy (non-hydrogen) atoms. The Morgan fingerprint density at radius 2 is 0.564 bits per heavy atom. The van der Waals surface area contributed by atoms with E-state index < -0.39 is 38.1 Å². The first-order valence-electron chi connectivity index (χ1n) is 38.6. The topological polar surface area (TPSA) is 168 Å². The molecular weight excluding hydrogens is 1200 g/mol. The lowest BCUT2D eigenvalue weighted by atomic mass is 10.1. The summed E-state index contributed by atoms with van der Waals surface area (Å²) in [4.78, 5) is 53.5. The summed E-state index contributed by atoms with van der Waals surface area (Å²) in [5.74, 6) is -1.55. The largest absolute Gasteiger partial charge is 0.475 e. The number of esters is 4. The van der Waals surface area contributed by atoms with Crippen molar-refractivity contribution in [2.75, 3.05) is 39.6 Å². The van der Waals surface area contributed by atoms with Gasteiger partial charge in [0.2, 0.25) is 0 Å². The van der Waals surface area contributed by atoms with Gasteiger partial charge in [-0.3, -0.25) is 32.7 Å². The maximum Gasteiger partial charge on any atom is 0.475 e. The Hall–Kier alpha value is -3.65. The van der Waals surface area contributed by atoms with E-state index in [1.807, 2.05) is 60.7 Å². The molecule has 2 rings (SSSR count). The summed E-state index contributed by atoms with van der Waals surface area (Å²) in [5.41, 5.74) is 1.51. The van der Waals surface area contributed by atoms with Crippen LogP contribution in [-0.2, 0) is 78.9 Å². The standard InChI is InChI=1S/C79H137O14P/c1-5-9-13-17-21-25-29-33-37-41-51-59-76(80)87-68-74(92-78(82)61-53-43-39-35-31-27-23-19-15-11-7-3)66-85-65-73(70-91-94(84,89-63-71-55-47-45-48-56-71)90-64-72-57-49-46-50-58-72)86-67-75(93-79(83)62-54-44-40-36-32-28-24-20-16-12-8-4)69-88-77(81)60-52-42-38-34-30-26-22-18-14-10-6-2/h45-50,55-58,73-75H,5-44,51-54,59-70H2,1-4H3/t73?,74-,75-/m0/s1. The molecule has 0 saturated heterocycles. The van der Waals surface area contributed by atoms with E-state index in [4.69, 9.17) is 42.0 Å². The van der Waals surface area contributed by atoms with E-state index in [9.17, 15) is 23.7 Å². The summed E-state index contributed by atoms with van der Waals surface area (Å²) in [7, 11) is -4.32. The monoisotopic (exact) mass is 1340 g/mol. The zero-order chi connectivity index (χ0) is 67.7. The van der Waals surface area contributed by atoms with Gasteiger partial charge in [-0.25, -0.2) is 4.57 Å². The first-order chi connectivity index (χ1) is 46.1. The fourth-order valence-electron chi connectivity index (χ4n) is 11.4. The lowest BCUT2D eigenvalue weighted by Crippen LogP contribution is -2.36. The number of rotatable bonds is 70. The SMILES string of the molecule is CCCCCCCCCCCCCC(=O)OC[C@H](COC(COC[C@@H](COC(=O)CCCCCCCCCCCCC)OC(=O)CCCCCCCCCCCCC)COP(=O)(OCc1ccccc1)OCc1ccccc1)OC(=O)CCCCCCCCCCCCC. The normalized spacial score (nSPS) is 12.6. The molecule has 3 atom stereocenters. The van der Waals surface area contributed by atoms with Gasteiger partial charge in [0.25, 0.3) is 0 Å². The third-order valence-electron chi connectivity index (χ3n) is 17.4. The van der Waals surface area contributed by atoms with Crippen molar-refractivity contribution in [3.8, 4) is 0 Å². The lowest BCUT2D eigenvalue weighted by Gasteiger charge is -2.25. The third kappa shape index (κ3) is 54.4. The van der Waals surface area contributed by atoms with Gasteiger partial charge in [-0.2, -0.15) is 0 Å². The highest BCUT2D eigenvalue weighted by atomic mass is 31.2. The maximum atomic E-state index is 14.7.